The third-order valence-corrected chi connectivity index (χ3v) is 9.10. The van der Waals surface area contributed by atoms with Gasteiger partial charge in [0.15, 0.2) is 0 Å². The largest absolute Gasteiger partial charge is 0.384 e. The zero-order valence-electron chi connectivity index (χ0n) is 21.2. The molecule has 1 saturated carbocycles. The van der Waals surface area contributed by atoms with Crippen LogP contribution in [0.3, 0.4) is 0 Å². The van der Waals surface area contributed by atoms with Gasteiger partial charge in [0.05, 0.1) is 21.6 Å². The van der Waals surface area contributed by atoms with E-state index < -0.39 is 0 Å². The van der Waals surface area contributed by atoms with E-state index in [0.29, 0.717) is 13.1 Å². The smallest absolute Gasteiger partial charge is 0.253 e. The fourth-order valence-corrected chi connectivity index (χ4v) is 6.52. The Balaban J connectivity index is 1.25. The summed E-state index contributed by atoms with van der Waals surface area (Å²) >= 11 is 1.73. The van der Waals surface area contributed by atoms with Crippen molar-refractivity contribution in [3.05, 3.63) is 47.3 Å². The second-order valence-electron chi connectivity index (χ2n) is 10.2. The molecular formula is C29H38N4OS. The Labute approximate surface area is 213 Å². The van der Waals surface area contributed by atoms with Crippen LogP contribution in [0.25, 0.3) is 21.5 Å². The number of hydrogen-bond acceptors (Lipinski definition) is 5. The van der Waals surface area contributed by atoms with Crippen LogP contribution in [0.4, 0.5) is 5.69 Å². The van der Waals surface area contributed by atoms with Crippen molar-refractivity contribution in [2.45, 2.75) is 52.4 Å². The van der Waals surface area contributed by atoms with Crippen LogP contribution in [-0.4, -0.2) is 60.0 Å². The Hall–Kier alpha value is -2.44. The molecule has 1 amide bonds. The van der Waals surface area contributed by atoms with E-state index in [0.717, 1.165) is 46.4 Å². The molecule has 2 aromatic heterocycles. The minimum absolute atomic E-state index is 0.0766. The number of piperidine rings is 1. The number of likely N-dealkylation sites (tertiary alicyclic amines) is 1. The molecule has 1 spiro atoms. The first-order valence-electron chi connectivity index (χ1n) is 13.3. The van der Waals surface area contributed by atoms with Gasteiger partial charge >= 0.3 is 0 Å². The summed E-state index contributed by atoms with van der Waals surface area (Å²) < 4.78 is 1.20. The molecule has 1 saturated heterocycles. The van der Waals surface area contributed by atoms with Crippen molar-refractivity contribution in [1.29, 1.82) is 0 Å². The molecule has 0 radical (unpaired) electrons. The van der Waals surface area contributed by atoms with E-state index >= 15 is 0 Å². The molecule has 35 heavy (non-hydrogen) atoms. The number of carbonyl (C=O) groups excluding carboxylic acids is 1. The van der Waals surface area contributed by atoms with Crippen LogP contribution in [0.2, 0.25) is 0 Å². The number of aromatic nitrogens is 1. The Morgan fingerprint density at radius 3 is 2.63 bits per heavy atom. The molecule has 1 aliphatic heterocycles. The first kappa shape index (κ1) is 24.3. The second-order valence-corrected chi connectivity index (χ2v) is 11.1. The molecule has 1 N–H and O–H groups in total. The van der Waals surface area contributed by atoms with E-state index in [-0.39, 0.29) is 5.91 Å². The van der Waals surface area contributed by atoms with Gasteiger partial charge in [0.1, 0.15) is 0 Å². The Kier molecular flexibility index (Phi) is 7.40. The van der Waals surface area contributed by atoms with Crippen LogP contribution >= 0.6 is 11.3 Å². The van der Waals surface area contributed by atoms with Gasteiger partial charge in [-0.2, -0.15) is 0 Å². The van der Waals surface area contributed by atoms with Gasteiger partial charge in [0, 0.05) is 30.8 Å². The highest BCUT2D eigenvalue weighted by Gasteiger charge is 2.39. The summed E-state index contributed by atoms with van der Waals surface area (Å²) in [7, 11) is 0. The molecule has 0 bridgehead atoms. The van der Waals surface area contributed by atoms with Crippen molar-refractivity contribution in [2.75, 3.05) is 44.6 Å². The molecular weight excluding hydrogens is 452 g/mol. The van der Waals surface area contributed by atoms with E-state index in [4.69, 9.17) is 4.98 Å². The molecule has 2 fully saturated rings. The number of anilines is 1. The summed E-state index contributed by atoms with van der Waals surface area (Å²) in [5.41, 5.74) is 5.50. The standard InChI is InChI=1S/C29H38N4OS/c1-3-33(4-2)28(34)23-9-5-8-22(20-23)25-21-26(27-24(31-25)10-19-35-27)30-15-7-16-32-17-13-29(14-18-32)11-6-12-29/h5,8-10,19-21H,3-4,6-7,11-18H2,1-2H3,(H,30,31). The lowest BCUT2D eigenvalue weighted by Crippen LogP contribution is -2.43. The molecule has 2 aliphatic rings. The van der Waals surface area contributed by atoms with E-state index in [1.807, 2.05) is 36.9 Å². The fraction of sp³-hybridized carbons (Fsp3) is 0.517. The van der Waals surface area contributed by atoms with Crippen molar-refractivity contribution in [2.24, 2.45) is 5.41 Å². The maximum absolute atomic E-state index is 12.9. The van der Waals surface area contributed by atoms with Gasteiger partial charge in [-0.3, -0.25) is 4.79 Å². The van der Waals surface area contributed by atoms with Gasteiger partial charge in [-0.1, -0.05) is 18.6 Å². The molecule has 1 aliphatic carbocycles. The number of pyridine rings is 1. The Morgan fingerprint density at radius 2 is 1.91 bits per heavy atom. The van der Waals surface area contributed by atoms with Crippen molar-refractivity contribution < 1.29 is 4.79 Å². The molecule has 6 heteroatoms. The number of amides is 1. The van der Waals surface area contributed by atoms with Crippen LogP contribution in [0, 0.1) is 5.41 Å². The van der Waals surface area contributed by atoms with Crippen molar-refractivity contribution in [3.8, 4) is 11.3 Å². The predicted octanol–water partition coefficient (Wildman–Crippen LogP) is 6.51. The molecule has 0 atom stereocenters. The summed E-state index contributed by atoms with van der Waals surface area (Å²) in [6.45, 7) is 10.1. The Morgan fingerprint density at radius 1 is 1.11 bits per heavy atom. The van der Waals surface area contributed by atoms with Crippen molar-refractivity contribution in [3.63, 3.8) is 0 Å². The van der Waals surface area contributed by atoms with E-state index in [1.165, 1.54) is 56.4 Å². The minimum Gasteiger partial charge on any atom is -0.384 e. The Bertz CT molecular complexity index is 1150. The maximum atomic E-state index is 12.9. The highest BCUT2D eigenvalue weighted by Crippen LogP contribution is 2.48. The van der Waals surface area contributed by atoms with E-state index in [9.17, 15) is 4.79 Å². The summed E-state index contributed by atoms with van der Waals surface area (Å²) in [4.78, 5) is 22.3. The lowest BCUT2D eigenvalue weighted by atomic mass is 9.63. The highest BCUT2D eigenvalue weighted by molar-refractivity contribution is 7.17. The number of fused-ring (bicyclic) bond motifs is 1. The number of nitrogens with one attached hydrogen (secondary N) is 1. The number of hydrogen-bond donors (Lipinski definition) is 1. The quantitative estimate of drug-likeness (QED) is 0.347. The number of thiophene rings is 1. The lowest BCUT2D eigenvalue weighted by molar-refractivity contribution is 0.0335. The first-order valence-corrected chi connectivity index (χ1v) is 14.2. The van der Waals surface area contributed by atoms with Crippen LogP contribution < -0.4 is 5.32 Å². The highest BCUT2D eigenvalue weighted by atomic mass is 32.1. The average molecular weight is 491 g/mol. The number of benzene rings is 1. The second kappa shape index (κ2) is 10.7. The van der Waals surface area contributed by atoms with Gasteiger partial charge < -0.3 is 15.1 Å². The normalized spacial score (nSPS) is 17.4. The lowest BCUT2D eigenvalue weighted by Gasteiger charge is -2.48. The number of carbonyl (C=O) groups is 1. The summed E-state index contributed by atoms with van der Waals surface area (Å²) in [6.07, 6.45) is 8.34. The predicted molar refractivity (Wildman–Crippen MR) is 147 cm³/mol. The van der Waals surface area contributed by atoms with Gasteiger partial charge in [-0.15, -0.1) is 11.3 Å². The molecule has 186 valence electrons. The van der Waals surface area contributed by atoms with Gasteiger partial charge in [0.25, 0.3) is 5.91 Å². The molecule has 0 unspecified atom stereocenters. The number of nitrogens with zero attached hydrogens (tertiary/aromatic N) is 3. The maximum Gasteiger partial charge on any atom is 0.253 e. The van der Waals surface area contributed by atoms with Crippen LogP contribution in [0.1, 0.15) is 62.7 Å². The molecule has 3 aromatic rings. The average Bonchev–Trinajstić information content (AvgIpc) is 3.36. The van der Waals surface area contributed by atoms with E-state index in [1.54, 1.807) is 11.3 Å². The van der Waals surface area contributed by atoms with Crippen LogP contribution in [0.15, 0.2) is 41.8 Å². The SMILES string of the molecule is CCN(CC)C(=O)c1cccc(-c2cc(NCCCN3CCC4(CCC4)CC3)c3sccc3n2)c1. The van der Waals surface area contributed by atoms with Gasteiger partial charge in [-0.25, -0.2) is 4.98 Å². The topological polar surface area (TPSA) is 48.5 Å². The fourth-order valence-electron chi connectivity index (χ4n) is 5.69. The third-order valence-electron chi connectivity index (χ3n) is 8.16. The van der Waals surface area contributed by atoms with Gasteiger partial charge in [0.2, 0.25) is 0 Å². The molecule has 5 nitrogen and oxygen atoms in total. The van der Waals surface area contributed by atoms with Gasteiger partial charge in [-0.05, 0) is 101 Å². The minimum atomic E-state index is 0.0766. The monoisotopic (exact) mass is 490 g/mol. The first-order chi connectivity index (χ1) is 17.1. The molecule has 3 heterocycles. The summed E-state index contributed by atoms with van der Waals surface area (Å²) in [5, 5.41) is 5.81. The van der Waals surface area contributed by atoms with Crippen molar-refractivity contribution >= 4 is 33.1 Å². The van der Waals surface area contributed by atoms with Crippen molar-refractivity contribution in [1.82, 2.24) is 14.8 Å². The zero-order chi connectivity index (χ0) is 24.3. The third kappa shape index (κ3) is 5.24. The zero-order valence-corrected chi connectivity index (χ0v) is 22.0. The molecule has 5 rings (SSSR count). The summed E-state index contributed by atoms with van der Waals surface area (Å²) in [5.74, 6) is 0.0766. The number of rotatable bonds is 9. The van der Waals surface area contributed by atoms with Crippen LogP contribution in [-0.2, 0) is 0 Å². The van der Waals surface area contributed by atoms with E-state index in [2.05, 4.69) is 33.8 Å². The molecule has 1 aromatic carbocycles. The summed E-state index contributed by atoms with van der Waals surface area (Å²) in [6, 6.07) is 12.1. The van der Waals surface area contributed by atoms with Crippen LogP contribution in [0.5, 0.6) is 0 Å².